The van der Waals surface area contributed by atoms with Gasteiger partial charge in [0.15, 0.2) is 11.5 Å². The van der Waals surface area contributed by atoms with E-state index in [2.05, 4.69) is 26.6 Å². The number of para-hydroxylation sites is 1. The Hall–Kier alpha value is -2.58. The molecule has 2 aromatic carbocycles. The molecule has 1 atom stereocenters. The highest BCUT2D eigenvalue weighted by atomic mass is 79.9. The van der Waals surface area contributed by atoms with Gasteiger partial charge in [0.25, 0.3) is 0 Å². The van der Waals surface area contributed by atoms with E-state index < -0.39 is 6.04 Å². The first-order valence-electron chi connectivity index (χ1n) is 9.09. The topological polar surface area (TPSA) is 79.9 Å². The van der Waals surface area contributed by atoms with E-state index in [1.54, 1.807) is 45.2 Å². The van der Waals surface area contributed by atoms with Crippen LogP contribution >= 0.6 is 15.9 Å². The second-order valence-electron chi connectivity index (χ2n) is 6.53. The molecule has 2 rings (SSSR count). The van der Waals surface area contributed by atoms with Crippen molar-refractivity contribution in [2.45, 2.75) is 19.5 Å². The quantitative estimate of drug-likeness (QED) is 0.597. The van der Waals surface area contributed by atoms with E-state index in [1.807, 2.05) is 30.3 Å². The van der Waals surface area contributed by atoms with E-state index in [0.29, 0.717) is 23.7 Å². The minimum atomic E-state index is -0.472. The lowest BCUT2D eigenvalue weighted by Gasteiger charge is -2.23. The number of benzene rings is 2. The van der Waals surface area contributed by atoms with Crippen molar-refractivity contribution >= 4 is 33.4 Å². The molecule has 0 aliphatic carbocycles. The first kappa shape index (κ1) is 22.7. The highest BCUT2D eigenvalue weighted by molar-refractivity contribution is 9.10. The highest BCUT2D eigenvalue weighted by Gasteiger charge is 2.20. The highest BCUT2D eigenvalue weighted by Crippen LogP contribution is 2.27. The zero-order valence-corrected chi connectivity index (χ0v) is 18.6. The summed E-state index contributed by atoms with van der Waals surface area (Å²) in [5.41, 5.74) is 1.58. The third-order valence-corrected chi connectivity index (χ3v) is 5.19. The Bertz CT molecular complexity index is 860. The number of hydrogen-bond donors (Lipinski definition) is 2. The molecule has 0 heterocycles. The van der Waals surface area contributed by atoms with Gasteiger partial charge in [0.05, 0.1) is 32.5 Å². The Labute approximate surface area is 179 Å². The summed E-state index contributed by atoms with van der Waals surface area (Å²) in [5, 5.41) is 5.72. The normalized spacial score (nSPS) is 11.7. The number of halogens is 1. The van der Waals surface area contributed by atoms with Gasteiger partial charge in [-0.3, -0.25) is 14.5 Å². The van der Waals surface area contributed by atoms with E-state index in [-0.39, 0.29) is 18.4 Å². The van der Waals surface area contributed by atoms with E-state index in [0.717, 1.165) is 10.0 Å². The fourth-order valence-electron chi connectivity index (χ4n) is 2.64. The number of carbonyl (C=O) groups is 2. The molecule has 0 saturated heterocycles. The zero-order chi connectivity index (χ0) is 21.4. The van der Waals surface area contributed by atoms with Crippen LogP contribution in [0.2, 0.25) is 0 Å². The van der Waals surface area contributed by atoms with Crippen LogP contribution in [0, 0.1) is 0 Å². The fourth-order valence-corrected chi connectivity index (χ4v) is 3.03. The molecule has 8 heteroatoms. The van der Waals surface area contributed by atoms with Gasteiger partial charge in [-0.05, 0) is 59.7 Å². The lowest BCUT2D eigenvalue weighted by Crippen LogP contribution is -2.45. The summed E-state index contributed by atoms with van der Waals surface area (Å²) in [5.74, 6) is 0.870. The van der Waals surface area contributed by atoms with Crippen LogP contribution in [-0.2, 0) is 16.1 Å². The summed E-state index contributed by atoms with van der Waals surface area (Å²) in [6.45, 7) is 2.20. The van der Waals surface area contributed by atoms with Gasteiger partial charge >= 0.3 is 0 Å². The standard InChI is InChI=1S/C21H26BrN3O4/c1-14(25(2)13-20(26)24-17-8-6-5-7-16(17)22)21(27)23-12-15-9-10-18(28-3)19(11-15)29-4/h5-11,14H,12-13H2,1-4H3,(H,23,27)(H,24,26). The second-order valence-corrected chi connectivity index (χ2v) is 7.38. The van der Waals surface area contributed by atoms with Crippen molar-refractivity contribution < 1.29 is 19.1 Å². The number of amides is 2. The number of nitrogens with zero attached hydrogens (tertiary/aromatic N) is 1. The molecular weight excluding hydrogens is 438 g/mol. The summed E-state index contributed by atoms with van der Waals surface area (Å²) in [6, 6.07) is 12.4. The maximum absolute atomic E-state index is 12.5. The van der Waals surface area contributed by atoms with Crippen LogP contribution < -0.4 is 20.1 Å². The Morgan fingerprint density at radius 3 is 2.45 bits per heavy atom. The van der Waals surface area contributed by atoms with Crippen LogP contribution in [0.25, 0.3) is 0 Å². The number of likely N-dealkylation sites (N-methyl/N-ethyl adjacent to an activating group) is 1. The van der Waals surface area contributed by atoms with Crippen molar-refractivity contribution in [3.63, 3.8) is 0 Å². The molecule has 29 heavy (non-hydrogen) atoms. The van der Waals surface area contributed by atoms with Crippen molar-refractivity contribution in [1.29, 1.82) is 0 Å². The molecule has 2 N–H and O–H groups in total. The van der Waals surface area contributed by atoms with Gasteiger partial charge in [0.1, 0.15) is 0 Å². The molecule has 1 unspecified atom stereocenters. The number of nitrogens with one attached hydrogen (secondary N) is 2. The van der Waals surface area contributed by atoms with Gasteiger partial charge in [0.2, 0.25) is 11.8 Å². The van der Waals surface area contributed by atoms with Crippen LogP contribution in [0.15, 0.2) is 46.9 Å². The third-order valence-electron chi connectivity index (χ3n) is 4.50. The van der Waals surface area contributed by atoms with Crippen LogP contribution in [0.3, 0.4) is 0 Å². The molecule has 0 spiro atoms. The molecule has 0 aromatic heterocycles. The lowest BCUT2D eigenvalue weighted by atomic mass is 10.2. The van der Waals surface area contributed by atoms with Crippen molar-refractivity contribution in [2.24, 2.45) is 0 Å². The Morgan fingerprint density at radius 2 is 1.79 bits per heavy atom. The van der Waals surface area contributed by atoms with Crippen LogP contribution in [-0.4, -0.2) is 50.6 Å². The molecule has 0 saturated carbocycles. The average molecular weight is 464 g/mol. The van der Waals surface area contributed by atoms with Crippen LogP contribution in [0.4, 0.5) is 5.69 Å². The van der Waals surface area contributed by atoms with Gasteiger partial charge in [-0.25, -0.2) is 0 Å². The maximum Gasteiger partial charge on any atom is 0.238 e. The predicted octanol–water partition coefficient (Wildman–Crippen LogP) is 3.04. The SMILES string of the molecule is COc1ccc(CNC(=O)C(C)N(C)CC(=O)Nc2ccccc2Br)cc1OC. The lowest BCUT2D eigenvalue weighted by molar-refractivity contribution is -0.126. The summed E-state index contributed by atoms with van der Waals surface area (Å²) >= 11 is 3.40. The molecule has 0 aliphatic rings. The van der Waals surface area contributed by atoms with Gasteiger partial charge in [-0.1, -0.05) is 18.2 Å². The largest absolute Gasteiger partial charge is 0.493 e. The Morgan fingerprint density at radius 1 is 1.10 bits per heavy atom. The molecule has 0 fully saturated rings. The number of carbonyl (C=O) groups excluding carboxylic acids is 2. The van der Waals surface area contributed by atoms with E-state index in [4.69, 9.17) is 9.47 Å². The Kier molecular flexibility index (Phi) is 8.48. The Balaban J connectivity index is 1.87. The number of ether oxygens (including phenoxy) is 2. The molecule has 2 amide bonds. The van der Waals surface area contributed by atoms with Crippen molar-refractivity contribution in [3.8, 4) is 11.5 Å². The van der Waals surface area contributed by atoms with Crippen LogP contribution in [0.1, 0.15) is 12.5 Å². The zero-order valence-electron chi connectivity index (χ0n) is 17.0. The summed E-state index contributed by atoms with van der Waals surface area (Å²) in [7, 11) is 4.88. The number of hydrogen-bond acceptors (Lipinski definition) is 5. The van der Waals surface area contributed by atoms with Crippen molar-refractivity contribution in [3.05, 3.63) is 52.5 Å². The summed E-state index contributed by atoms with van der Waals surface area (Å²) in [6.07, 6.45) is 0. The smallest absolute Gasteiger partial charge is 0.238 e. The number of anilines is 1. The minimum absolute atomic E-state index is 0.0896. The summed E-state index contributed by atoms with van der Waals surface area (Å²) < 4.78 is 11.3. The molecule has 0 aliphatic heterocycles. The fraction of sp³-hybridized carbons (Fsp3) is 0.333. The predicted molar refractivity (Wildman–Crippen MR) is 116 cm³/mol. The first-order chi connectivity index (χ1) is 13.8. The van der Waals surface area contributed by atoms with Gasteiger partial charge < -0.3 is 20.1 Å². The average Bonchev–Trinajstić information content (AvgIpc) is 2.72. The van der Waals surface area contributed by atoms with Gasteiger partial charge in [-0.2, -0.15) is 0 Å². The van der Waals surface area contributed by atoms with E-state index in [1.165, 1.54) is 0 Å². The minimum Gasteiger partial charge on any atom is -0.493 e. The van der Waals surface area contributed by atoms with E-state index >= 15 is 0 Å². The number of rotatable bonds is 9. The van der Waals surface area contributed by atoms with Gasteiger partial charge in [-0.15, -0.1) is 0 Å². The summed E-state index contributed by atoms with van der Waals surface area (Å²) in [4.78, 5) is 26.5. The van der Waals surface area contributed by atoms with Crippen molar-refractivity contribution in [1.82, 2.24) is 10.2 Å². The molecular formula is C21H26BrN3O4. The van der Waals surface area contributed by atoms with Crippen LogP contribution in [0.5, 0.6) is 11.5 Å². The van der Waals surface area contributed by atoms with Gasteiger partial charge in [0, 0.05) is 11.0 Å². The number of methoxy groups -OCH3 is 2. The molecule has 156 valence electrons. The van der Waals surface area contributed by atoms with Crippen molar-refractivity contribution in [2.75, 3.05) is 33.1 Å². The maximum atomic E-state index is 12.5. The molecule has 0 bridgehead atoms. The molecule has 2 aromatic rings. The first-order valence-corrected chi connectivity index (χ1v) is 9.88. The second kappa shape index (κ2) is 10.8. The molecule has 0 radical (unpaired) electrons. The van der Waals surface area contributed by atoms with E-state index in [9.17, 15) is 9.59 Å². The third kappa shape index (κ3) is 6.47. The monoisotopic (exact) mass is 463 g/mol. The molecule has 7 nitrogen and oxygen atoms in total.